The van der Waals surface area contributed by atoms with Crippen LogP contribution in [0.3, 0.4) is 0 Å². The molecule has 0 saturated carbocycles. The summed E-state index contributed by atoms with van der Waals surface area (Å²) in [5, 5.41) is 3.68. The highest BCUT2D eigenvalue weighted by Crippen LogP contribution is 2.12. The molecule has 0 aliphatic carbocycles. The number of nitrogens with one attached hydrogen (secondary N) is 1. The van der Waals surface area contributed by atoms with E-state index in [9.17, 15) is 0 Å². The van der Waals surface area contributed by atoms with Crippen molar-refractivity contribution < 1.29 is 0 Å². The van der Waals surface area contributed by atoms with Gasteiger partial charge in [-0.3, -0.25) is 0 Å². The number of rotatable bonds is 10. The monoisotopic (exact) mass is 272 g/mol. The fourth-order valence-corrected chi connectivity index (χ4v) is 3.20. The van der Waals surface area contributed by atoms with Gasteiger partial charge in [0.15, 0.2) is 0 Å². The second-order valence-corrected chi connectivity index (χ2v) is 6.49. The third-order valence-electron chi connectivity index (χ3n) is 3.76. The zero-order valence-corrected chi connectivity index (χ0v) is 13.2. The van der Waals surface area contributed by atoms with Crippen LogP contribution in [-0.2, 0) is 0 Å². The molecule has 0 aromatic heterocycles. The summed E-state index contributed by atoms with van der Waals surface area (Å²) in [7, 11) is 0. The van der Waals surface area contributed by atoms with Crippen molar-refractivity contribution in [3.05, 3.63) is 0 Å². The van der Waals surface area contributed by atoms with Crippen molar-refractivity contribution in [3.63, 3.8) is 0 Å². The van der Waals surface area contributed by atoms with Crippen molar-refractivity contribution in [3.8, 4) is 0 Å². The fraction of sp³-hybridized carbons (Fsp3) is 1.00. The Morgan fingerprint density at radius 1 is 1.22 bits per heavy atom. The maximum absolute atomic E-state index is 3.68. The molecule has 1 fully saturated rings. The van der Waals surface area contributed by atoms with Crippen LogP contribution >= 0.6 is 11.8 Å². The Labute approximate surface area is 118 Å². The largest absolute Gasteiger partial charge is 0.313 e. The molecule has 1 aliphatic rings. The Morgan fingerprint density at radius 3 is 2.83 bits per heavy atom. The van der Waals surface area contributed by atoms with Crippen LogP contribution in [0.1, 0.15) is 51.9 Å². The summed E-state index contributed by atoms with van der Waals surface area (Å²) in [4.78, 5) is 2.67. The second kappa shape index (κ2) is 11.1. The summed E-state index contributed by atoms with van der Waals surface area (Å²) in [6.07, 6.45) is 11.9. The number of likely N-dealkylation sites (tertiary alicyclic amines) is 1. The predicted molar refractivity (Wildman–Crippen MR) is 84.6 cm³/mol. The highest BCUT2D eigenvalue weighted by Gasteiger charge is 2.18. The molecule has 0 amide bonds. The Balaban J connectivity index is 2.00. The van der Waals surface area contributed by atoms with Crippen LogP contribution in [0.15, 0.2) is 0 Å². The van der Waals surface area contributed by atoms with E-state index >= 15 is 0 Å². The third-order valence-corrected chi connectivity index (χ3v) is 4.46. The first-order valence-electron chi connectivity index (χ1n) is 7.81. The Hall–Kier alpha value is 0.270. The van der Waals surface area contributed by atoms with Gasteiger partial charge in [0.05, 0.1) is 0 Å². The van der Waals surface area contributed by atoms with Gasteiger partial charge in [-0.05, 0) is 63.7 Å². The van der Waals surface area contributed by atoms with Gasteiger partial charge in [0, 0.05) is 12.6 Å². The maximum Gasteiger partial charge on any atom is 0.0195 e. The first-order chi connectivity index (χ1) is 8.86. The summed E-state index contributed by atoms with van der Waals surface area (Å²) >= 11 is 1.98. The molecule has 1 atom stereocenters. The van der Waals surface area contributed by atoms with Crippen LogP contribution in [0.4, 0.5) is 0 Å². The minimum absolute atomic E-state index is 0.759. The zero-order valence-electron chi connectivity index (χ0n) is 12.4. The van der Waals surface area contributed by atoms with E-state index in [-0.39, 0.29) is 0 Å². The third kappa shape index (κ3) is 7.65. The molecule has 3 heteroatoms. The molecule has 1 unspecified atom stereocenters. The SMILES string of the molecule is CCCNC1CCCN(CCCCCCSC)C1. The molecule has 0 radical (unpaired) electrons. The summed E-state index contributed by atoms with van der Waals surface area (Å²) < 4.78 is 0. The number of hydrogen-bond acceptors (Lipinski definition) is 3. The quantitative estimate of drug-likeness (QED) is 0.614. The zero-order chi connectivity index (χ0) is 13.1. The van der Waals surface area contributed by atoms with Crippen molar-refractivity contribution >= 4 is 11.8 Å². The fourth-order valence-electron chi connectivity index (χ4n) is 2.71. The summed E-state index contributed by atoms with van der Waals surface area (Å²) in [5.74, 6) is 1.34. The molecule has 108 valence electrons. The number of thioether (sulfide) groups is 1. The van der Waals surface area contributed by atoms with Crippen molar-refractivity contribution in [2.24, 2.45) is 0 Å². The van der Waals surface area contributed by atoms with Crippen LogP contribution in [-0.4, -0.2) is 49.1 Å². The van der Waals surface area contributed by atoms with Gasteiger partial charge in [-0.25, -0.2) is 0 Å². The van der Waals surface area contributed by atoms with Crippen LogP contribution in [0.25, 0.3) is 0 Å². The minimum atomic E-state index is 0.759. The van der Waals surface area contributed by atoms with Gasteiger partial charge in [0.25, 0.3) is 0 Å². The molecular weight excluding hydrogens is 240 g/mol. The molecule has 0 aromatic rings. The van der Waals surface area contributed by atoms with E-state index in [4.69, 9.17) is 0 Å². The Kier molecular flexibility index (Phi) is 10.1. The lowest BCUT2D eigenvalue weighted by molar-refractivity contribution is 0.187. The van der Waals surface area contributed by atoms with E-state index in [0.717, 1.165) is 6.04 Å². The van der Waals surface area contributed by atoms with Crippen LogP contribution in [0.2, 0.25) is 0 Å². The number of nitrogens with zero attached hydrogens (tertiary/aromatic N) is 1. The molecule has 1 N–H and O–H groups in total. The van der Waals surface area contributed by atoms with Crippen LogP contribution < -0.4 is 5.32 Å². The molecule has 1 saturated heterocycles. The van der Waals surface area contributed by atoms with Gasteiger partial charge in [-0.15, -0.1) is 0 Å². The van der Waals surface area contributed by atoms with Crippen molar-refractivity contribution in [2.45, 2.75) is 57.9 Å². The topological polar surface area (TPSA) is 15.3 Å². The van der Waals surface area contributed by atoms with E-state index in [1.807, 2.05) is 11.8 Å². The lowest BCUT2D eigenvalue weighted by Gasteiger charge is -2.33. The normalized spacial score (nSPS) is 21.3. The van der Waals surface area contributed by atoms with Gasteiger partial charge in [-0.1, -0.05) is 19.8 Å². The second-order valence-electron chi connectivity index (χ2n) is 5.50. The first-order valence-corrected chi connectivity index (χ1v) is 9.21. The van der Waals surface area contributed by atoms with E-state index in [1.54, 1.807) is 0 Å². The van der Waals surface area contributed by atoms with Crippen molar-refractivity contribution in [1.29, 1.82) is 0 Å². The van der Waals surface area contributed by atoms with E-state index < -0.39 is 0 Å². The first kappa shape index (κ1) is 16.3. The van der Waals surface area contributed by atoms with Gasteiger partial charge in [0.1, 0.15) is 0 Å². The highest BCUT2D eigenvalue weighted by atomic mass is 32.2. The molecule has 1 rings (SSSR count). The molecule has 0 aromatic carbocycles. The Morgan fingerprint density at radius 2 is 2.06 bits per heavy atom. The van der Waals surface area contributed by atoms with Gasteiger partial charge < -0.3 is 10.2 Å². The standard InChI is InChI=1S/C15H32N2S/c1-3-10-16-15-9-8-12-17(14-15)11-6-4-5-7-13-18-2/h15-16H,3-14H2,1-2H3. The summed E-state index contributed by atoms with van der Waals surface area (Å²) in [5.41, 5.74) is 0. The van der Waals surface area contributed by atoms with Crippen molar-refractivity contribution in [1.82, 2.24) is 10.2 Å². The maximum atomic E-state index is 3.68. The molecule has 0 spiro atoms. The Bertz CT molecular complexity index is 187. The van der Waals surface area contributed by atoms with E-state index in [1.165, 1.54) is 76.9 Å². The number of hydrogen-bond donors (Lipinski definition) is 1. The lowest BCUT2D eigenvalue weighted by Crippen LogP contribution is -2.46. The molecule has 0 bridgehead atoms. The smallest absolute Gasteiger partial charge is 0.0195 e. The summed E-state index contributed by atoms with van der Waals surface area (Å²) in [6.45, 7) is 7.37. The van der Waals surface area contributed by atoms with E-state index in [0.29, 0.717) is 0 Å². The van der Waals surface area contributed by atoms with Gasteiger partial charge >= 0.3 is 0 Å². The molecule has 1 heterocycles. The average Bonchev–Trinajstić information content (AvgIpc) is 2.41. The van der Waals surface area contributed by atoms with Crippen LogP contribution in [0.5, 0.6) is 0 Å². The predicted octanol–water partition coefficient (Wildman–Crippen LogP) is 3.37. The minimum Gasteiger partial charge on any atom is -0.313 e. The molecule has 18 heavy (non-hydrogen) atoms. The lowest BCUT2D eigenvalue weighted by atomic mass is 10.0. The van der Waals surface area contributed by atoms with Crippen LogP contribution in [0, 0.1) is 0 Å². The number of unbranched alkanes of at least 4 members (excludes halogenated alkanes) is 3. The van der Waals surface area contributed by atoms with Gasteiger partial charge in [0.2, 0.25) is 0 Å². The van der Waals surface area contributed by atoms with Gasteiger partial charge in [-0.2, -0.15) is 11.8 Å². The molecule has 1 aliphatic heterocycles. The molecule has 2 nitrogen and oxygen atoms in total. The average molecular weight is 273 g/mol. The summed E-state index contributed by atoms with van der Waals surface area (Å²) in [6, 6.07) is 0.759. The number of piperidine rings is 1. The molecular formula is C15H32N2S. The van der Waals surface area contributed by atoms with Crippen molar-refractivity contribution in [2.75, 3.05) is 38.2 Å². The highest BCUT2D eigenvalue weighted by molar-refractivity contribution is 7.98. The van der Waals surface area contributed by atoms with E-state index in [2.05, 4.69) is 23.4 Å².